The van der Waals surface area contributed by atoms with Crippen LogP contribution in [0.3, 0.4) is 0 Å². The van der Waals surface area contributed by atoms with Crippen LogP contribution in [0.5, 0.6) is 5.75 Å². The predicted molar refractivity (Wildman–Crippen MR) is 128 cm³/mol. The lowest BCUT2D eigenvalue weighted by molar-refractivity contribution is -0.135. The molecule has 0 aliphatic carbocycles. The number of hydroxylamine groups is 1. The molecular weight excluding hydrogens is 416 g/mol. The number of ether oxygens (including phenoxy) is 1. The Morgan fingerprint density at radius 3 is 2.23 bits per heavy atom. The fraction of sp³-hybridized carbons (Fsp3) is 0.522. The first-order valence-corrected chi connectivity index (χ1v) is 10.9. The molecule has 7 nitrogen and oxygen atoms in total. The van der Waals surface area contributed by atoms with E-state index in [1.807, 2.05) is 75.9 Å². The Balaban J connectivity index is 0. The minimum absolute atomic E-state index is 0.139. The van der Waals surface area contributed by atoms with Crippen LogP contribution < -0.4 is 10.2 Å². The number of thioether (sulfide) groups is 1. The second kappa shape index (κ2) is 17.5. The SMILES string of the molecule is C=O.CC(C)=O.CC=CCOc1ccc(C)cc1.CN1CCSC(C)(C)C1C(=O)NO. The molecule has 1 aliphatic rings. The molecule has 1 aromatic rings. The topological polar surface area (TPSA) is 95.9 Å². The molecule has 1 heterocycles. The number of Topliss-reactive ketones (excluding diaryl/α,β-unsaturated/α-hetero) is 1. The van der Waals surface area contributed by atoms with Gasteiger partial charge in [-0.15, -0.1) is 0 Å². The van der Waals surface area contributed by atoms with Crippen molar-refractivity contribution in [2.45, 2.75) is 52.3 Å². The van der Waals surface area contributed by atoms with E-state index in [-0.39, 0.29) is 22.5 Å². The Bertz CT molecular complexity index is 658. The molecule has 1 fully saturated rings. The summed E-state index contributed by atoms with van der Waals surface area (Å²) in [5.74, 6) is 1.80. The third-order valence-corrected chi connectivity index (χ3v) is 5.33. The highest BCUT2D eigenvalue weighted by molar-refractivity contribution is 8.00. The van der Waals surface area contributed by atoms with Crippen molar-refractivity contribution in [1.82, 2.24) is 10.4 Å². The first kappa shape index (κ1) is 31.0. The summed E-state index contributed by atoms with van der Waals surface area (Å²) in [5.41, 5.74) is 2.98. The van der Waals surface area contributed by atoms with Crippen LogP contribution in [0.15, 0.2) is 36.4 Å². The van der Waals surface area contributed by atoms with Gasteiger partial charge in [0.2, 0.25) is 0 Å². The molecule has 0 saturated carbocycles. The molecule has 1 aromatic carbocycles. The Labute approximate surface area is 191 Å². The highest BCUT2D eigenvalue weighted by Crippen LogP contribution is 2.34. The molecule has 8 heteroatoms. The van der Waals surface area contributed by atoms with Crippen molar-refractivity contribution < 1.29 is 24.3 Å². The molecule has 1 amide bonds. The number of nitrogens with zero attached hydrogens (tertiary/aromatic N) is 1. The average molecular weight is 455 g/mol. The number of hydrogen-bond donors (Lipinski definition) is 2. The Kier molecular flexibility index (Phi) is 17.5. The highest BCUT2D eigenvalue weighted by atomic mass is 32.2. The molecule has 31 heavy (non-hydrogen) atoms. The number of amides is 1. The number of carbonyl (C=O) groups is 3. The van der Waals surface area contributed by atoms with Gasteiger partial charge in [-0.2, -0.15) is 11.8 Å². The summed E-state index contributed by atoms with van der Waals surface area (Å²) < 4.78 is 5.28. The number of hydrogen-bond acceptors (Lipinski definition) is 7. The normalized spacial score (nSPS) is 17.0. The maximum atomic E-state index is 11.4. The second-order valence-corrected chi connectivity index (χ2v) is 9.16. The van der Waals surface area contributed by atoms with Gasteiger partial charge < -0.3 is 14.3 Å². The van der Waals surface area contributed by atoms with E-state index in [2.05, 4.69) is 6.92 Å². The van der Waals surface area contributed by atoms with E-state index in [1.54, 1.807) is 17.2 Å². The summed E-state index contributed by atoms with van der Waals surface area (Å²) in [6, 6.07) is 7.81. The minimum atomic E-state index is -0.320. The maximum Gasteiger partial charge on any atom is 0.262 e. The van der Waals surface area contributed by atoms with E-state index in [0.717, 1.165) is 18.0 Å². The Hall–Kier alpha value is -2.16. The summed E-state index contributed by atoms with van der Waals surface area (Å²) >= 11 is 1.76. The van der Waals surface area contributed by atoms with Crippen LogP contribution in [0.25, 0.3) is 0 Å². The van der Waals surface area contributed by atoms with Gasteiger partial charge in [0.05, 0.1) is 0 Å². The first-order valence-electron chi connectivity index (χ1n) is 9.90. The lowest BCUT2D eigenvalue weighted by Crippen LogP contribution is -2.58. The first-order chi connectivity index (χ1) is 14.5. The molecule has 1 aliphatic heterocycles. The Morgan fingerprint density at radius 2 is 1.81 bits per heavy atom. The largest absolute Gasteiger partial charge is 0.490 e. The fourth-order valence-electron chi connectivity index (χ4n) is 2.64. The summed E-state index contributed by atoms with van der Waals surface area (Å²) in [5, 5.41) is 8.60. The van der Waals surface area contributed by atoms with E-state index >= 15 is 0 Å². The van der Waals surface area contributed by atoms with Gasteiger partial charge in [0.1, 0.15) is 31.0 Å². The number of rotatable bonds is 4. The van der Waals surface area contributed by atoms with E-state index < -0.39 is 0 Å². The Morgan fingerprint density at radius 1 is 1.29 bits per heavy atom. The van der Waals surface area contributed by atoms with Crippen molar-refractivity contribution in [3.05, 3.63) is 42.0 Å². The molecule has 1 saturated heterocycles. The molecule has 2 N–H and O–H groups in total. The zero-order chi connectivity index (χ0) is 24.4. The van der Waals surface area contributed by atoms with Gasteiger partial charge in [0.15, 0.2) is 0 Å². The zero-order valence-electron chi connectivity index (χ0n) is 19.8. The van der Waals surface area contributed by atoms with Crippen LogP contribution in [0, 0.1) is 6.92 Å². The number of benzene rings is 1. The zero-order valence-corrected chi connectivity index (χ0v) is 20.6. The predicted octanol–water partition coefficient (Wildman–Crippen LogP) is 3.68. The lowest BCUT2D eigenvalue weighted by atomic mass is 10.0. The van der Waals surface area contributed by atoms with Crippen molar-refractivity contribution >= 4 is 30.2 Å². The van der Waals surface area contributed by atoms with Gasteiger partial charge in [0, 0.05) is 17.0 Å². The monoisotopic (exact) mass is 454 g/mol. The summed E-state index contributed by atoms with van der Waals surface area (Å²) in [4.78, 5) is 30.8. The minimum Gasteiger partial charge on any atom is -0.490 e. The molecule has 2 rings (SSSR count). The van der Waals surface area contributed by atoms with Crippen LogP contribution in [0.4, 0.5) is 0 Å². The number of likely N-dealkylation sites (N-methyl/N-ethyl adjacent to an activating group) is 1. The van der Waals surface area contributed by atoms with Crippen LogP contribution in [-0.4, -0.2) is 65.3 Å². The van der Waals surface area contributed by atoms with E-state index in [4.69, 9.17) is 14.7 Å². The van der Waals surface area contributed by atoms with Crippen molar-refractivity contribution in [2.24, 2.45) is 0 Å². The highest BCUT2D eigenvalue weighted by Gasteiger charge is 2.41. The van der Waals surface area contributed by atoms with Crippen molar-refractivity contribution in [2.75, 3.05) is 26.0 Å². The van der Waals surface area contributed by atoms with Crippen LogP contribution in [0.2, 0.25) is 0 Å². The maximum absolute atomic E-state index is 11.4. The second-order valence-electron chi connectivity index (χ2n) is 7.41. The van der Waals surface area contributed by atoms with Gasteiger partial charge in [0.25, 0.3) is 5.91 Å². The molecule has 1 unspecified atom stereocenters. The van der Waals surface area contributed by atoms with Crippen molar-refractivity contribution in [3.63, 3.8) is 0 Å². The average Bonchev–Trinajstić information content (AvgIpc) is 2.70. The number of allylic oxidation sites excluding steroid dienone is 1. The van der Waals surface area contributed by atoms with Gasteiger partial charge >= 0.3 is 0 Å². The summed E-state index contributed by atoms with van der Waals surface area (Å²) in [7, 11) is 1.90. The van der Waals surface area contributed by atoms with Crippen LogP contribution >= 0.6 is 11.8 Å². The molecule has 176 valence electrons. The molecular formula is C23H38N2O5S. The van der Waals surface area contributed by atoms with Gasteiger partial charge in [-0.3, -0.25) is 14.9 Å². The van der Waals surface area contributed by atoms with E-state index in [9.17, 15) is 9.59 Å². The summed E-state index contributed by atoms with van der Waals surface area (Å²) in [6.07, 6.45) is 3.97. The quantitative estimate of drug-likeness (QED) is 0.407. The molecule has 0 aromatic heterocycles. The van der Waals surface area contributed by atoms with Crippen LogP contribution in [0.1, 0.15) is 40.2 Å². The fourth-order valence-corrected chi connectivity index (χ4v) is 3.99. The smallest absolute Gasteiger partial charge is 0.262 e. The third kappa shape index (κ3) is 14.5. The van der Waals surface area contributed by atoms with E-state index in [0.29, 0.717) is 6.61 Å². The molecule has 0 radical (unpaired) electrons. The number of nitrogens with one attached hydrogen (secondary N) is 1. The van der Waals surface area contributed by atoms with Gasteiger partial charge in [-0.05, 0) is 60.7 Å². The third-order valence-electron chi connectivity index (χ3n) is 3.98. The molecule has 0 bridgehead atoms. The van der Waals surface area contributed by atoms with Gasteiger partial charge in [-0.25, -0.2) is 5.48 Å². The number of carbonyl (C=O) groups excluding carboxylic acids is 3. The van der Waals surface area contributed by atoms with E-state index in [1.165, 1.54) is 19.4 Å². The molecule has 1 atom stereocenters. The van der Waals surface area contributed by atoms with Gasteiger partial charge in [-0.1, -0.05) is 29.8 Å². The standard InChI is InChI=1S/C11H14O.C8H16N2O2S.C3H6O.CH2O/c1-3-4-9-12-11-7-5-10(2)6-8-11;1-8(2)6(7(11)9-12)10(3)4-5-13-8;1-3(2)4;1-2/h3-8H,9H2,1-2H3;6,12H,4-5H2,1-3H3,(H,9,11);1-2H3;1H2. The van der Waals surface area contributed by atoms with Crippen molar-refractivity contribution in [1.29, 1.82) is 0 Å². The summed E-state index contributed by atoms with van der Waals surface area (Å²) in [6.45, 7) is 14.7. The van der Waals surface area contributed by atoms with Crippen LogP contribution in [-0.2, 0) is 14.4 Å². The lowest BCUT2D eigenvalue weighted by Gasteiger charge is -2.42. The van der Waals surface area contributed by atoms with Crippen molar-refractivity contribution in [3.8, 4) is 5.75 Å². The number of ketones is 1. The number of aryl methyl sites for hydroxylation is 1. The molecule has 0 spiro atoms.